The zero-order valence-electron chi connectivity index (χ0n) is 16.0. The molecule has 1 aliphatic heterocycles. The van der Waals surface area contributed by atoms with E-state index in [-0.39, 0.29) is 11.9 Å². The first-order valence-corrected chi connectivity index (χ1v) is 11.7. The molecular weight excluding hydrogens is 398 g/mol. The Morgan fingerprint density at radius 1 is 1.17 bits per heavy atom. The predicted octanol–water partition coefficient (Wildman–Crippen LogP) is 3.34. The smallest absolute Gasteiger partial charge is 0.280 e. The minimum atomic E-state index is -0.00367. The third-order valence-electron chi connectivity index (χ3n) is 5.98. The van der Waals surface area contributed by atoms with E-state index in [1.54, 1.807) is 11.3 Å². The van der Waals surface area contributed by atoms with Gasteiger partial charge in [0, 0.05) is 27.3 Å². The van der Waals surface area contributed by atoms with Gasteiger partial charge in [0.1, 0.15) is 17.1 Å². The van der Waals surface area contributed by atoms with Crippen molar-refractivity contribution in [3.8, 4) is 6.07 Å². The normalized spacial score (nSPS) is 20.0. The number of benzene rings is 1. The van der Waals surface area contributed by atoms with Gasteiger partial charge in [-0.2, -0.15) is 5.26 Å². The van der Waals surface area contributed by atoms with Crippen LogP contribution in [0.3, 0.4) is 0 Å². The van der Waals surface area contributed by atoms with E-state index in [0.717, 1.165) is 42.8 Å². The van der Waals surface area contributed by atoms with Crippen LogP contribution in [-0.2, 0) is 24.1 Å². The molecule has 5 rings (SSSR count). The fraction of sp³-hybridized carbons (Fsp3) is 0.304. The largest absolute Gasteiger partial charge is 0.317 e. The quantitative estimate of drug-likeness (QED) is 0.680. The Bertz CT molecular complexity index is 1090. The summed E-state index contributed by atoms with van der Waals surface area (Å²) in [6.07, 6.45) is 4.11. The van der Waals surface area contributed by atoms with Crippen LogP contribution >= 0.6 is 22.7 Å². The molecule has 0 radical (unpaired) electrons. The molecule has 0 bridgehead atoms. The topological polar surface area (TPSA) is 57.3 Å². The van der Waals surface area contributed by atoms with Crippen LogP contribution in [0.25, 0.3) is 0 Å². The summed E-state index contributed by atoms with van der Waals surface area (Å²) in [5.74, 6) is -0.00367. The van der Waals surface area contributed by atoms with Gasteiger partial charge in [-0.25, -0.2) is 0 Å². The molecule has 0 saturated heterocycles. The number of carbonyl (C=O) groups excluding carboxylic acids is 1. The SMILES string of the molecule is N#Cc1c(NC(=O)C[NH+]2CCc3sccc3[C@H]2c2ccccc2)sc2c1CCC2. The van der Waals surface area contributed by atoms with Crippen molar-refractivity contribution in [2.24, 2.45) is 0 Å². The summed E-state index contributed by atoms with van der Waals surface area (Å²) in [6.45, 7) is 1.34. The summed E-state index contributed by atoms with van der Waals surface area (Å²) in [7, 11) is 0. The lowest BCUT2D eigenvalue weighted by Gasteiger charge is -2.32. The van der Waals surface area contributed by atoms with Gasteiger partial charge in [-0.05, 0) is 36.3 Å². The summed E-state index contributed by atoms with van der Waals surface area (Å²) < 4.78 is 0. The van der Waals surface area contributed by atoms with Gasteiger partial charge in [0.25, 0.3) is 5.91 Å². The maximum atomic E-state index is 13.0. The number of quaternary nitrogens is 1. The number of rotatable bonds is 4. The Labute approximate surface area is 178 Å². The van der Waals surface area contributed by atoms with Gasteiger partial charge < -0.3 is 10.2 Å². The first-order valence-electron chi connectivity index (χ1n) is 10.0. The van der Waals surface area contributed by atoms with Crippen molar-refractivity contribution in [1.29, 1.82) is 5.26 Å². The minimum absolute atomic E-state index is 0.00367. The number of fused-ring (bicyclic) bond motifs is 2. The summed E-state index contributed by atoms with van der Waals surface area (Å²) in [5.41, 5.74) is 4.44. The number of aryl methyl sites for hydroxylation is 1. The number of hydrogen-bond donors (Lipinski definition) is 2. The second-order valence-electron chi connectivity index (χ2n) is 7.70. The Balaban J connectivity index is 1.38. The summed E-state index contributed by atoms with van der Waals surface area (Å²) in [6, 6.07) is 15.2. The highest BCUT2D eigenvalue weighted by molar-refractivity contribution is 7.16. The maximum Gasteiger partial charge on any atom is 0.280 e. The number of thiophene rings is 2. The van der Waals surface area contributed by atoms with E-state index in [0.29, 0.717) is 12.1 Å². The zero-order chi connectivity index (χ0) is 19.8. The fourth-order valence-electron chi connectivity index (χ4n) is 4.69. The van der Waals surface area contributed by atoms with E-state index in [2.05, 4.69) is 47.1 Å². The van der Waals surface area contributed by atoms with Gasteiger partial charge in [-0.1, -0.05) is 30.3 Å². The molecule has 4 nitrogen and oxygen atoms in total. The molecule has 1 aromatic carbocycles. The van der Waals surface area contributed by atoms with Crippen molar-refractivity contribution in [1.82, 2.24) is 0 Å². The van der Waals surface area contributed by atoms with E-state index >= 15 is 0 Å². The summed E-state index contributed by atoms with van der Waals surface area (Å²) in [5, 5.41) is 15.6. The third kappa shape index (κ3) is 3.40. The molecule has 1 amide bonds. The maximum absolute atomic E-state index is 13.0. The number of hydrogen-bond acceptors (Lipinski definition) is 4. The number of amides is 1. The Kier molecular flexibility index (Phi) is 4.96. The molecule has 3 heterocycles. The highest BCUT2D eigenvalue weighted by Crippen LogP contribution is 2.38. The van der Waals surface area contributed by atoms with Crippen molar-refractivity contribution in [3.63, 3.8) is 0 Å². The third-order valence-corrected chi connectivity index (χ3v) is 8.18. The van der Waals surface area contributed by atoms with Gasteiger partial charge in [0.15, 0.2) is 6.54 Å². The van der Waals surface area contributed by atoms with Crippen molar-refractivity contribution >= 4 is 33.6 Å². The molecule has 2 N–H and O–H groups in total. The second-order valence-corrected chi connectivity index (χ2v) is 9.81. The van der Waals surface area contributed by atoms with Crippen LogP contribution in [0.15, 0.2) is 41.8 Å². The van der Waals surface area contributed by atoms with E-state index in [9.17, 15) is 10.1 Å². The van der Waals surface area contributed by atoms with Crippen molar-refractivity contribution in [3.05, 3.63) is 73.8 Å². The van der Waals surface area contributed by atoms with E-state index in [4.69, 9.17) is 0 Å². The minimum Gasteiger partial charge on any atom is -0.317 e. The standard InChI is InChI=1S/C23H21N3OS2/c24-13-18-16-7-4-8-20(16)29-23(18)25-21(27)14-26-11-9-19-17(10-12-28-19)22(26)15-5-2-1-3-6-15/h1-3,5-6,10,12,22H,4,7-9,11,14H2,(H,25,27)/p+1/t22-/m1/s1. The number of nitriles is 1. The van der Waals surface area contributed by atoms with Gasteiger partial charge >= 0.3 is 0 Å². The van der Waals surface area contributed by atoms with Crippen molar-refractivity contribution < 1.29 is 9.69 Å². The van der Waals surface area contributed by atoms with Crippen LogP contribution in [0.5, 0.6) is 0 Å². The number of nitrogens with zero attached hydrogens (tertiary/aromatic N) is 1. The van der Waals surface area contributed by atoms with E-state index in [1.807, 2.05) is 17.4 Å². The van der Waals surface area contributed by atoms with Gasteiger partial charge in [-0.15, -0.1) is 22.7 Å². The van der Waals surface area contributed by atoms with Crippen molar-refractivity contribution in [2.45, 2.75) is 31.7 Å². The molecule has 0 saturated carbocycles. The predicted molar refractivity (Wildman–Crippen MR) is 117 cm³/mol. The highest BCUT2D eigenvalue weighted by Gasteiger charge is 2.34. The molecule has 2 aromatic heterocycles. The molecule has 0 fully saturated rings. The molecule has 2 atom stereocenters. The van der Waals surface area contributed by atoms with Gasteiger partial charge in [0.2, 0.25) is 0 Å². The lowest BCUT2D eigenvalue weighted by molar-refractivity contribution is -0.919. The first-order chi connectivity index (χ1) is 14.2. The lowest BCUT2D eigenvalue weighted by Crippen LogP contribution is -3.14. The average molecular weight is 421 g/mol. The molecule has 1 aliphatic carbocycles. The van der Waals surface area contributed by atoms with Crippen LogP contribution in [0, 0.1) is 11.3 Å². The Morgan fingerprint density at radius 2 is 2.03 bits per heavy atom. The monoisotopic (exact) mass is 420 g/mol. The molecule has 1 unspecified atom stereocenters. The number of anilines is 1. The first kappa shape index (κ1) is 18.6. The van der Waals surface area contributed by atoms with Gasteiger partial charge in [-0.3, -0.25) is 4.79 Å². The Morgan fingerprint density at radius 3 is 2.86 bits per heavy atom. The molecule has 3 aromatic rings. The molecular formula is C23H22N3OS2+. The Hall–Kier alpha value is -2.46. The van der Waals surface area contributed by atoms with E-state index < -0.39 is 0 Å². The number of carbonyl (C=O) groups is 1. The highest BCUT2D eigenvalue weighted by atomic mass is 32.1. The molecule has 146 valence electrons. The molecule has 0 spiro atoms. The summed E-state index contributed by atoms with van der Waals surface area (Å²) >= 11 is 3.41. The lowest BCUT2D eigenvalue weighted by atomic mass is 9.93. The average Bonchev–Trinajstić information content (AvgIpc) is 3.44. The fourth-order valence-corrected chi connectivity index (χ4v) is 6.86. The van der Waals surface area contributed by atoms with Crippen LogP contribution in [0.2, 0.25) is 0 Å². The van der Waals surface area contributed by atoms with E-state index in [1.165, 1.54) is 25.8 Å². The van der Waals surface area contributed by atoms with Gasteiger partial charge in [0.05, 0.1) is 12.1 Å². The van der Waals surface area contributed by atoms with Crippen LogP contribution in [0.4, 0.5) is 5.00 Å². The second kappa shape index (κ2) is 7.75. The number of nitrogens with one attached hydrogen (secondary N) is 2. The van der Waals surface area contributed by atoms with Crippen LogP contribution in [-0.4, -0.2) is 19.0 Å². The summed E-state index contributed by atoms with van der Waals surface area (Å²) in [4.78, 5) is 16.9. The van der Waals surface area contributed by atoms with Crippen LogP contribution < -0.4 is 10.2 Å². The van der Waals surface area contributed by atoms with Crippen molar-refractivity contribution in [2.75, 3.05) is 18.4 Å². The molecule has 29 heavy (non-hydrogen) atoms. The molecule has 6 heteroatoms. The molecule has 2 aliphatic rings. The van der Waals surface area contributed by atoms with Crippen LogP contribution in [0.1, 0.15) is 44.5 Å². The zero-order valence-corrected chi connectivity index (χ0v) is 17.7.